The van der Waals surface area contributed by atoms with E-state index in [2.05, 4.69) is 25.6 Å². The predicted molar refractivity (Wildman–Crippen MR) is 83.7 cm³/mol. The van der Waals surface area contributed by atoms with Crippen LogP contribution in [0.3, 0.4) is 0 Å². The summed E-state index contributed by atoms with van der Waals surface area (Å²) in [5, 5.41) is 30.9. The van der Waals surface area contributed by atoms with Crippen molar-refractivity contribution in [1.82, 2.24) is 15.4 Å². The van der Waals surface area contributed by atoms with Crippen molar-refractivity contribution in [3.05, 3.63) is 54.6 Å². The average Bonchev–Trinajstić information content (AvgIpc) is 3.01. The second-order valence-electron chi connectivity index (χ2n) is 4.85. The number of nitrogens with one attached hydrogen (secondary N) is 1. The van der Waals surface area contributed by atoms with Crippen molar-refractivity contribution < 1.29 is 27.5 Å². The molecule has 1 radical (unpaired) electrons. The predicted octanol–water partition coefficient (Wildman–Crippen LogP) is 4.23. The molecule has 4 aromatic rings. The molecule has 0 unspecified atom stereocenters. The summed E-state index contributed by atoms with van der Waals surface area (Å²) in [7, 11) is 0. The molecule has 3 aromatic carbocycles. The Labute approximate surface area is 146 Å². The van der Waals surface area contributed by atoms with Crippen LogP contribution in [0.1, 0.15) is 0 Å². The molecule has 0 amide bonds. The van der Waals surface area contributed by atoms with Crippen LogP contribution in [0.5, 0.6) is 5.75 Å². The fraction of sp³-hybridized carbons (Fsp3) is 0. The van der Waals surface area contributed by atoms with E-state index in [-0.39, 0.29) is 28.1 Å². The Morgan fingerprint density at radius 1 is 0.870 bits per heavy atom. The van der Waals surface area contributed by atoms with Gasteiger partial charge in [-0.15, -0.1) is 5.11 Å². The molecule has 4 rings (SSSR count). The van der Waals surface area contributed by atoms with Gasteiger partial charge in [-0.2, -0.15) is 20.5 Å². The summed E-state index contributed by atoms with van der Waals surface area (Å²) in [5.41, 5.74) is 2.60. The van der Waals surface area contributed by atoms with E-state index in [1.54, 1.807) is 18.2 Å². The molecule has 0 aliphatic carbocycles. The van der Waals surface area contributed by atoms with Crippen LogP contribution in [0.4, 0.5) is 11.4 Å². The zero-order chi connectivity index (χ0) is 14.9. The first-order valence-electron chi connectivity index (χ1n) is 6.74. The Balaban J connectivity index is 0.00000156. The van der Waals surface area contributed by atoms with Crippen molar-refractivity contribution in [2.75, 3.05) is 0 Å². The molecular formula is C16H11AgN5O. The largest absolute Gasteiger partial charge is 0.506 e. The molecule has 0 aliphatic rings. The Hall–Kier alpha value is -2.54. The van der Waals surface area contributed by atoms with E-state index in [0.29, 0.717) is 11.4 Å². The van der Waals surface area contributed by atoms with Crippen LogP contribution in [0, 0.1) is 0 Å². The third-order valence-electron chi connectivity index (χ3n) is 3.44. The number of H-pyrrole nitrogens is 1. The Bertz CT molecular complexity index is 1010. The molecule has 23 heavy (non-hydrogen) atoms. The van der Waals surface area contributed by atoms with Gasteiger partial charge in [0.15, 0.2) is 0 Å². The third kappa shape index (κ3) is 2.87. The van der Waals surface area contributed by atoms with E-state index >= 15 is 0 Å². The smallest absolute Gasteiger partial charge is 0.143 e. The molecule has 0 saturated heterocycles. The molecule has 0 atom stereocenters. The summed E-state index contributed by atoms with van der Waals surface area (Å²) in [5.74, 6) is 0.102. The number of aromatic nitrogens is 3. The van der Waals surface area contributed by atoms with Crippen molar-refractivity contribution >= 4 is 33.2 Å². The zero-order valence-electron chi connectivity index (χ0n) is 11.7. The number of hydrogen-bond donors (Lipinski definition) is 2. The molecule has 1 heterocycles. The van der Waals surface area contributed by atoms with Crippen LogP contribution >= 0.6 is 0 Å². The maximum absolute atomic E-state index is 10.0. The number of nitrogens with zero attached hydrogens (tertiary/aromatic N) is 4. The quantitative estimate of drug-likeness (QED) is 0.392. The molecule has 0 fully saturated rings. The summed E-state index contributed by atoms with van der Waals surface area (Å²) in [4.78, 5) is 0. The SMILES string of the molecule is Oc1ccc2ccccc2c1N=Nc1ccc2n[nH]nc2c1.[Ag]. The summed E-state index contributed by atoms with van der Waals surface area (Å²) in [6, 6.07) is 16.6. The van der Waals surface area contributed by atoms with Gasteiger partial charge in [0.05, 0.1) is 5.69 Å². The molecule has 0 bridgehead atoms. The van der Waals surface area contributed by atoms with Crippen molar-refractivity contribution in [1.29, 1.82) is 0 Å². The molecule has 117 valence electrons. The van der Waals surface area contributed by atoms with E-state index in [1.807, 2.05) is 36.4 Å². The van der Waals surface area contributed by atoms with Crippen LogP contribution in [-0.4, -0.2) is 20.5 Å². The van der Waals surface area contributed by atoms with Crippen molar-refractivity contribution in [2.45, 2.75) is 0 Å². The number of phenols is 1. The normalized spacial score (nSPS) is 11.1. The zero-order valence-corrected chi connectivity index (χ0v) is 13.2. The number of azo groups is 1. The second-order valence-corrected chi connectivity index (χ2v) is 4.85. The maximum atomic E-state index is 10.0. The molecule has 2 N–H and O–H groups in total. The minimum Gasteiger partial charge on any atom is -0.506 e. The molecule has 7 heteroatoms. The average molecular weight is 397 g/mol. The second kappa shape index (κ2) is 6.29. The van der Waals surface area contributed by atoms with Gasteiger partial charge in [0.1, 0.15) is 22.5 Å². The maximum Gasteiger partial charge on any atom is 0.143 e. The summed E-state index contributed by atoms with van der Waals surface area (Å²) in [6.45, 7) is 0. The van der Waals surface area contributed by atoms with Gasteiger partial charge in [-0.25, -0.2) is 0 Å². The monoisotopic (exact) mass is 396 g/mol. The molecule has 0 saturated carbocycles. The van der Waals surface area contributed by atoms with Crippen molar-refractivity contribution in [2.24, 2.45) is 10.2 Å². The van der Waals surface area contributed by atoms with Crippen LogP contribution in [-0.2, 0) is 22.4 Å². The molecule has 1 aromatic heterocycles. The van der Waals surface area contributed by atoms with E-state index in [9.17, 15) is 5.11 Å². The van der Waals surface area contributed by atoms with Gasteiger partial charge in [-0.05, 0) is 29.7 Å². The van der Waals surface area contributed by atoms with Gasteiger partial charge in [-0.3, -0.25) is 0 Å². The minimum absolute atomic E-state index is 0. The van der Waals surface area contributed by atoms with Crippen LogP contribution in [0.15, 0.2) is 64.8 Å². The molecular weight excluding hydrogens is 386 g/mol. The first-order chi connectivity index (χ1) is 10.8. The summed E-state index contributed by atoms with van der Waals surface area (Å²) in [6.07, 6.45) is 0. The van der Waals surface area contributed by atoms with Gasteiger partial charge in [0, 0.05) is 27.8 Å². The summed E-state index contributed by atoms with van der Waals surface area (Å²) >= 11 is 0. The number of rotatable bonds is 2. The van der Waals surface area contributed by atoms with Gasteiger partial charge < -0.3 is 5.11 Å². The van der Waals surface area contributed by atoms with Crippen molar-refractivity contribution in [3.8, 4) is 5.75 Å². The van der Waals surface area contributed by atoms with Gasteiger partial charge >= 0.3 is 0 Å². The van der Waals surface area contributed by atoms with Gasteiger partial charge in [-0.1, -0.05) is 30.3 Å². The standard InChI is InChI=1S/C16H11N5O.Ag/c22-15-8-5-10-3-1-2-4-12(10)16(15)20-17-11-6-7-13-14(9-11)19-21-18-13;/h1-9,22H,(H,18,19,21);. The van der Waals surface area contributed by atoms with E-state index in [0.717, 1.165) is 21.8 Å². The number of fused-ring (bicyclic) bond motifs is 2. The van der Waals surface area contributed by atoms with E-state index in [1.165, 1.54) is 0 Å². The van der Waals surface area contributed by atoms with Gasteiger partial charge in [0.25, 0.3) is 0 Å². The first kappa shape index (κ1) is 15.4. The fourth-order valence-electron chi connectivity index (χ4n) is 2.35. The van der Waals surface area contributed by atoms with E-state index < -0.39 is 0 Å². The number of hydrogen-bond acceptors (Lipinski definition) is 5. The first-order valence-corrected chi connectivity index (χ1v) is 6.74. The number of benzene rings is 3. The van der Waals surface area contributed by atoms with Gasteiger partial charge in [0.2, 0.25) is 0 Å². The Morgan fingerprint density at radius 3 is 2.61 bits per heavy atom. The van der Waals surface area contributed by atoms with Crippen LogP contribution < -0.4 is 0 Å². The number of aromatic hydroxyl groups is 1. The third-order valence-corrected chi connectivity index (χ3v) is 3.44. The summed E-state index contributed by atoms with van der Waals surface area (Å²) < 4.78 is 0. The Morgan fingerprint density at radius 2 is 1.70 bits per heavy atom. The van der Waals surface area contributed by atoms with E-state index in [4.69, 9.17) is 0 Å². The molecule has 6 nitrogen and oxygen atoms in total. The minimum atomic E-state index is 0. The number of aromatic amines is 1. The Kier molecular flexibility index (Phi) is 4.20. The molecule has 0 aliphatic heterocycles. The van der Waals surface area contributed by atoms with Crippen LogP contribution in [0.2, 0.25) is 0 Å². The fourth-order valence-corrected chi connectivity index (χ4v) is 2.35. The van der Waals surface area contributed by atoms with Crippen molar-refractivity contribution in [3.63, 3.8) is 0 Å². The number of phenolic OH excluding ortho intramolecular Hbond substituents is 1. The van der Waals surface area contributed by atoms with Crippen LogP contribution in [0.25, 0.3) is 21.8 Å². The molecule has 0 spiro atoms. The topological polar surface area (TPSA) is 86.5 Å².